The van der Waals surface area contributed by atoms with Crippen molar-refractivity contribution in [2.45, 2.75) is 20.4 Å². The number of carbonyl (C=O) groups is 2. The van der Waals surface area contributed by atoms with E-state index in [1.165, 1.54) is 16.1 Å². The first-order chi connectivity index (χ1) is 8.95. The van der Waals surface area contributed by atoms with Gasteiger partial charge in [-0.15, -0.1) is 0 Å². The summed E-state index contributed by atoms with van der Waals surface area (Å²) in [6.07, 6.45) is 1.37. The highest BCUT2D eigenvalue weighted by Gasteiger charge is 2.22. The van der Waals surface area contributed by atoms with Gasteiger partial charge in [-0.05, 0) is 6.92 Å². The van der Waals surface area contributed by atoms with E-state index >= 15 is 0 Å². The van der Waals surface area contributed by atoms with E-state index in [-0.39, 0.29) is 12.6 Å². The maximum absolute atomic E-state index is 12.2. The van der Waals surface area contributed by atoms with E-state index in [0.29, 0.717) is 18.9 Å². The molecule has 0 aliphatic heterocycles. The van der Waals surface area contributed by atoms with Crippen LogP contribution < -0.4 is 0 Å². The summed E-state index contributed by atoms with van der Waals surface area (Å²) >= 11 is 0. The van der Waals surface area contributed by atoms with Crippen LogP contribution in [0.2, 0.25) is 0 Å². The molecule has 0 aromatic carbocycles. The summed E-state index contributed by atoms with van der Waals surface area (Å²) in [6.45, 7) is 4.34. The Bertz CT molecular complexity index is 420. The highest BCUT2D eigenvalue weighted by atomic mass is 16.4. The van der Waals surface area contributed by atoms with Crippen LogP contribution in [-0.2, 0) is 11.3 Å². The van der Waals surface area contributed by atoms with Crippen LogP contribution in [-0.4, -0.2) is 62.2 Å². The van der Waals surface area contributed by atoms with E-state index in [1.807, 2.05) is 6.92 Å². The Morgan fingerprint density at radius 2 is 2.21 bits per heavy atom. The van der Waals surface area contributed by atoms with E-state index in [4.69, 9.17) is 5.11 Å². The van der Waals surface area contributed by atoms with Crippen LogP contribution in [0.3, 0.4) is 0 Å². The normalized spacial score (nSPS) is 11.9. The van der Waals surface area contributed by atoms with Gasteiger partial charge in [0.2, 0.25) is 0 Å². The third kappa shape index (κ3) is 4.23. The predicted molar refractivity (Wildman–Crippen MR) is 67.3 cm³/mol. The molecule has 2 amide bonds. The number of aromatic amines is 1. The number of amides is 2. The molecule has 0 aliphatic carbocycles. The summed E-state index contributed by atoms with van der Waals surface area (Å²) in [4.78, 5) is 29.9. The second kappa shape index (κ2) is 6.72. The Morgan fingerprint density at radius 3 is 2.68 bits per heavy atom. The van der Waals surface area contributed by atoms with Gasteiger partial charge in [0.25, 0.3) is 0 Å². The summed E-state index contributed by atoms with van der Waals surface area (Å²) in [7, 11) is 1.64. The van der Waals surface area contributed by atoms with Crippen molar-refractivity contribution in [3.63, 3.8) is 0 Å². The molecule has 1 unspecified atom stereocenters. The third-order valence-electron chi connectivity index (χ3n) is 2.75. The topological polar surface area (TPSA) is 102 Å². The molecule has 0 aliphatic rings. The van der Waals surface area contributed by atoms with Crippen molar-refractivity contribution in [1.29, 1.82) is 0 Å². The lowest BCUT2D eigenvalue weighted by atomic mass is 10.2. The number of carboxylic acid groups (broad SMARTS) is 1. The van der Waals surface area contributed by atoms with Crippen LogP contribution in [0.15, 0.2) is 6.33 Å². The van der Waals surface area contributed by atoms with Crippen LogP contribution in [0.1, 0.15) is 19.7 Å². The average molecular weight is 269 g/mol. The molecule has 19 heavy (non-hydrogen) atoms. The Labute approximate surface area is 111 Å². The van der Waals surface area contributed by atoms with Gasteiger partial charge in [0.1, 0.15) is 12.2 Å². The molecule has 0 saturated heterocycles. The molecule has 8 heteroatoms. The van der Waals surface area contributed by atoms with E-state index in [2.05, 4.69) is 15.2 Å². The zero-order valence-corrected chi connectivity index (χ0v) is 11.3. The van der Waals surface area contributed by atoms with E-state index < -0.39 is 11.9 Å². The standard InChI is InChI=1S/C11H19N5O3/c1-4-16(5-8(2)10(17)18)11(19)15(3)6-9-12-7-13-14-9/h7-8H,4-6H2,1-3H3,(H,17,18)(H,12,13,14). The zero-order valence-electron chi connectivity index (χ0n) is 11.3. The second-order valence-corrected chi connectivity index (χ2v) is 4.35. The zero-order chi connectivity index (χ0) is 14.4. The predicted octanol–water partition coefficient (Wildman–Crippen LogP) is 0.399. The molecule has 0 radical (unpaired) electrons. The molecule has 0 bridgehead atoms. The fourth-order valence-corrected chi connectivity index (χ4v) is 1.59. The van der Waals surface area contributed by atoms with Crippen LogP contribution in [0, 0.1) is 5.92 Å². The number of aliphatic carboxylic acids is 1. The summed E-state index contributed by atoms with van der Waals surface area (Å²) in [5.74, 6) is -0.926. The number of aromatic nitrogens is 3. The highest BCUT2D eigenvalue weighted by molar-refractivity contribution is 5.75. The van der Waals surface area contributed by atoms with Crippen LogP contribution in [0.25, 0.3) is 0 Å². The molecular formula is C11H19N5O3. The molecule has 1 atom stereocenters. The molecule has 1 rings (SSSR count). The summed E-state index contributed by atoms with van der Waals surface area (Å²) < 4.78 is 0. The van der Waals surface area contributed by atoms with Crippen molar-refractivity contribution < 1.29 is 14.7 Å². The smallest absolute Gasteiger partial charge is 0.320 e. The molecule has 0 spiro atoms. The lowest BCUT2D eigenvalue weighted by Gasteiger charge is -2.27. The summed E-state index contributed by atoms with van der Waals surface area (Å²) in [6, 6.07) is -0.230. The number of nitrogens with one attached hydrogen (secondary N) is 1. The van der Waals surface area contributed by atoms with Gasteiger partial charge >= 0.3 is 12.0 Å². The number of carboxylic acids is 1. The Kier molecular flexibility index (Phi) is 5.28. The molecule has 8 nitrogen and oxygen atoms in total. The largest absolute Gasteiger partial charge is 0.481 e. The van der Waals surface area contributed by atoms with Gasteiger partial charge < -0.3 is 14.9 Å². The van der Waals surface area contributed by atoms with Gasteiger partial charge in [0, 0.05) is 20.1 Å². The minimum absolute atomic E-state index is 0.186. The van der Waals surface area contributed by atoms with Crippen molar-refractivity contribution in [3.05, 3.63) is 12.2 Å². The average Bonchev–Trinajstić information content (AvgIpc) is 2.87. The molecule has 2 N–H and O–H groups in total. The van der Waals surface area contributed by atoms with Crippen LogP contribution >= 0.6 is 0 Å². The maximum atomic E-state index is 12.2. The first-order valence-corrected chi connectivity index (χ1v) is 6.02. The Balaban J connectivity index is 2.59. The van der Waals surface area contributed by atoms with Gasteiger partial charge in [-0.1, -0.05) is 6.92 Å². The number of urea groups is 1. The monoisotopic (exact) mass is 269 g/mol. The SMILES string of the molecule is CCN(CC(C)C(=O)O)C(=O)N(C)Cc1ncn[nH]1. The molecular weight excluding hydrogens is 250 g/mol. The first-order valence-electron chi connectivity index (χ1n) is 6.02. The minimum Gasteiger partial charge on any atom is -0.481 e. The minimum atomic E-state index is -0.913. The van der Waals surface area contributed by atoms with Gasteiger partial charge in [-0.25, -0.2) is 9.78 Å². The molecule has 1 aromatic heterocycles. The van der Waals surface area contributed by atoms with E-state index in [0.717, 1.165) is 0 Å². The van der Waals surface area contributed by atoms with Crippen molar-refractivity contribution in [1.82, 2.24) is 25.0 Å². The number of H-pyrrole nitrogens is 1. The highest BCUT2D eigenvalue weighted by Crippen LogP contribution is 2.05. The fraction of sp³-hybridized carbons (Fsp3) is 0.636. The number of nitrogens with zero attached hydrogens (tertiary/aromatic N) is 4. The van der Waals surface area contributed by atoms with Crippen molar-refractivity contribution in [2.75, 3.05) is 20.1 Å². The third-order valence-corrected chi connectivity index (χ3v) is 2.75. The number of rotatable bonds is 6. The Morgan fingerprint density at radius 1 is 1.53 bits per heavy atom. The number of hydrogen-bond acceptors (Lipinski definition) is 4. The van der Waals surface area contributed by atoms with Gasteiger partial charge in [-0.2, -0.15) is 5.10 Å². The summed E-state index contributed by atoms with van der Waals surface area (Å²) in [5.41, 5.74) is 0. The van der Waals surface area contributed by atoms with Crippen molar-refractivity contribution in [3.8, 4) is 0 Å². The molecule has 0 saturated carbocycles. The first kappa shape index (κ1) is 14.9. The van der Waals surface area contributed by atoms with E-state index in [9.17, 15) is 9.59 Å². The fourth-order valence-electron chi connectivity index (χ4n) is 1.59. The molecule has 1 heterocycles. The van der Waals surface area contributed by atoms with Crippen LogP contribution in [0.4, 0.5) is 4.79 Å². The molecule has 1 aromatic rings. The molecule has 0 fully saturated rings. The van der Waals surface area contributed by atoms with E-state index in [1.54, 1.807) is 14.0 Å². The quantitative estimate of drug-likeness (QED) is 0.778. The number of carbonyl (C=O) groups excluding carboxylic acids is 1. The van der Waals surface area contributed by atoms with Crippen molar-refractivity contribution in [2.24, 2.45) is 5.92 Å². The Hall–Kier alpha value is -2.12. The lowest BCUT2D eigenvalue weighted by molar-refractivity contribution is -0.141. The van der Waals surface area contributed by atoms with Gasteiger partial charge in [-0.3, -0.25) is 9.89 Å². The summed E-state index contributed by atoms with van der Waals surface area (Å²) in [5, 5.41) is 15.3. The molecule has 106 valence electrons. The maximum Gasteiger partial charge on any atom is 0.320 e. The van der Waals surface area contributed by atoms with Gasteiger partial charge in [0.15, 0.2) is 0 Å². The second-order valence-electron chi connectivity index (χ2n) is 4.35. The van der Waals surface area contributed by atoms with Gasteiger partial charge in [0.05, 0.1) is 12.5 Å². The number of hydrogen-bond donors (Lipinski definition) is 2. The van der Waals surface area contributed by atoms with Crippen molar-refractivity contribution >= 4 is 12.0 Å². The van der Waals surface area contributed by atoms with Crippen LogP contribution in [0.5, 0.6) is 0 Å². The lowest BCUT2D eigenvalue weighted by Crippen LogP contribution is -2.43.